The van der Waals surface area contributed by atoms with Gasteiger partial charge in [0.15, 0.2) is 5.82 Å². The van der Waals surface area contributed by atoms with Gasteiger partial charge < -0.3 is 14.2 Å². The van der Waals surface area contributed by atoms with E-state index < -0.39 is 12.0 Å². The minimum atomic E-state index is -2.66. The van der Waals surface area contributed by atoms with Crippen LogP contribution in [0.1, 0.15) is 24.6 Å². The Morgan fingerprint density at radius 1 is 1.35 bits per heavy atom. The summed E-state index contributed by atoms with van der Waals surface area (Å²) < 4.78 is 37.0. The molecule has 128 valence electrons. The van der Waals surface area contributed by atoms with Crippen molar-refractivity contribution < 1.29 is 22.8 Å². The first-order valence-electron chi connectivity index (χ1n) is 7.73. The third-order valence-electron chi connectivity index (χ3n) is 4.16. The van der Waals surface area contributed by atoms with Crippen molar-refractivity contribution in [2.24, 2.45) is 0 Å². The van der Waals surface area contributed by atoms with E-state index in [1.165, 1.54) is 4.90 Å². The lowest BCUT2D eigenvalue weighted by Gasteiger charge is -2.37. The predicted molar refractivity (Wildman–Crippen MR) is 74.8 cm³/mol. The van der Waals surface area contributed by atoms with Crippen LogP contribution < -0.4 is 0 Å². The zero-order chi connectivity index (χ0) is 16.4. The maximum atomic E-state index is 13.2. The number of carbonyl (C=O) groups is 1. The van der Waals surface area contributed by atoms with E-state index in [1.807, 2.05) is 4.90 Å². The zero-order valence-corrected chi connectivity index (χ0v) is 13.0. The van der Waals surface area contributed by atoms with E-state index in [2.05, 4.69) is 10.1 Å². The van der Waals surface area contributed by atoms with Gasteiger partial charge in [0.25, 0.3) is 11.8 Å². The van der Waals surface area contributed by atoms with Crippen molar-refractivity contribution in [1.82, 2.24) is 19.9 Å². The third kappa shape index (κ3) is 4.03. The quantitative estimate of drug-likeness (QED) is 0.818. The number of rotatable bonds is 3. The second kappa shape index (κ2) is 6.48. The number of carbonyl (C=O) groups excluding carboxylic acids is 1. The van der Waals surface area contributed by atoms with Crippen LogP contribution in [0.15, 0.2) is 4.52 Å². The second-order valence-corrected chi connectivity index (χ2v) is 6.01. The molecular weight excluding hydrogens is 310 g/mol. The Hall–Kier alpha value is -1.61. The maximum Gasteiger partial charge on any atom is 0.253 e. The minimum absolute atomic E-state index is 0.0779. The van der Waals surface area contributed by atoms with Crippen molar-refractivity contribution in [3.63, 3.8) is 0 Å². The van der Waals surface area contributed by atoms with E-state index >= 15 is 0 Å². The van der Waals surface area contributed by atoms with Gasteiger partial charge in [-0.05, 0) is 6.92 Å². The average Bonchev–Trinajstić information content (AvgIpc) is 2.92. The van der Waals surface area contributed by atoms with E-state index in [9.17, 15) is 13.6 Å². The van der Waals surface area contributed by atoms with E-state index in [1.54, 1.807) is 6.92 Å². The van der Waals surface area contributed by atoms with Crippen LogP contribution in [0.5, 0.6) is 0 Å². The molecule has 0 bridgehead atoms. The Morgan fingerprint density at radius 2 is 2.09 bits per heavy atom. The van der Waals surface area contributed by atoms with Gasteiger partial charge in [-0.2, -0.15) is 4.98 Å². The number of aromatic nitrogens is 2. The van der Waals surface area contributed by atoms with Crippen molar-refractivity contribution in [2.75, 3.05) is 32.8 Å². The molecule has 3 rings (SSSR count). The summed E-state index contributed by atoms with van der Waals surface area (Å²) in [7, 11) is 0. The minimum Gasteiger partial charge on any atom is -0.366 e. The summed E-state index contributed by atoms with van der Waals surface area (Å²) in [6, 6.07) is 0. The van der Waals surface area contributed by atoms with E-state index in [-0.39, 0.29) is 31.8 Å². The molecule has 7 nitrogen and oxygen atoms in total. The van der Waals surface area contributed by atoms with Gasteiger partial charge in [-0.1, -0.05) is 5.16 Å². The highest BCUT2D eigenvalue weighted by molar-refractivity contribution is 5.81. The normalized spacial score (nSPS) is 25.5. The molecule has 1 unspecified atom stereocenters. The van der Waals surface area contributed by atoms with Gasteiger partial charge in [-0.3, -0.25) is 9.69 Å². The highest BCUT2D eigenvalue weighted by Crippen LogP contribution is 2.28. The smallest absolute Gasteiger partial charge is 0.253 e. The lowest BCUT2D eigenvalue weighted by atomic mass is 10.1. The van der Waals surface area contributed by atoms with Gasteiger partial charge in [0.2, 0.25) is 5.89 Å². The number of halogens is 2. The Balaban J connectivity index is 1.54. The lowest BCUT2D eigenvalue weighted by molar-refractivity contribution is -0.155. The molecule has 0 N–H and O–H groups in total. The van der Waals surface area contributed by atoms with Gasteiger partial charge in [-0.15, -0.1) is 0 Å². The summed E-state index contributed by atoms with van der Waals surface area (Å²) in [4.78, 5) is 20.1. The fourth-order valence-electron chi connectivity index (χ4n) is 2.85. The van der Waals surface area contributed by atoms with Crippen LogP contribution in [-0.2, 0) is 16.1 Å². The number of alkyl halides is 2. The number of aryl methyl sites for hydroxylation is 1. The van der Waals surface area contributed by atoms with Gasteiger partial charge in [-0.25, -0.2) is 8.78 Å². The Bertz CT molecular complexity index is 556. The van der Waals surface area contributed by atoms with Gasteiger partial charge in [0.1, 0.15) is 6.10 Å². The molecule has 0 spiro atoms. The molecular formula is C14H20F2N4O3. The number of nitrogens with zero attached hydrogens (tertiary/aromatic N) is 4. The number of likely N-dealkylation sites (tertiary alicyclic amines) is 1. The monoisotopic (exact) mass is 330 g/mol. The summed E-state index contributed by atoms with van der Waals surface area (Å²) in [5, 5.41) is 3.73. The number of morpholine rings is 1. The van der Waals surface area contributed by atoms with Crippen LogP contribution in [-0.4, -0.2) is 70.7 Å². The van der Waals surface area contributed by atoms with Crippen molar-refractivity contribution in [3.05, 3.63) is 11.7 Å². The molecule has 0 radical (unpaired) electrons. The standard InChI is InChI=1S/C14H20F2N4O3/c1-10-17-12(23-18-10)9-19-6-7-22-11(8-19)13(21)20-4-2-14(15,16)3-5-20/h11H,2-9H2,1H3. The number of amides is 1. The summed E-state index contributed by atoms with van der Waals surface area (Å²) in [5.74, 6) is -1.82. The van der Waals surface area contributed by atoms with Crippen LogP contribution in [0.25, 0.3) is 0 Å². The molecule has 23 heavy (non-hydrogen) atoms. The van der Waals surface area contributed by atoms with Gasteiger partial charge in [0, 0.05) is 39.0 Å². The fraction of sp³-hybridized carbons (Fsp3) is 0.786. The first-order chi connectivity index (χ1) is 10.9. The van der Waals surface area contributed by atoms with Crippen molar-refractivity contribution in [3.8, 4) is 0 Å². The van der Waals surface area contributed by atoms with Crippen LogP contribution in [0, 0.1) is 6.92 Å². The molecule has 2 aliphatic heterocycles. The largest absolute Gasteiger partial charge is 0.366 e. The molecule has 1 aromatic heterocycles. The molecule has 3 heterocycles. The molecule has 0 aromatic carbocycles. The van der Waals surface area contributed by atoms with Crippen molar-refractivity contribution >= 4 is 5.91 Å². The fourth-order valence-corrected chi connectivity index (χ4v) is 2.85. The summed E-state index contributed by atoms with van der Waals surface area (Å²) >= 11 is 0. The molecule has 0 aliphatic carbocycles. The molecule has 2 fully saturated rings. The molecule has 0 saturated carbocycles. The van der Waals surface area contributed by atoms with Crippen molar-refractivity contribution in [1.29, 1.82) is 0 Å². The Morgan fingerprint density at radius 3 is 2.74 bits per heavy atom. The van der Waals surface area contributed by atoms with Crippen LogP contribution in [0.2, 0.25) is 0 Å². The van der Waals surface area contributed by atoms with E-state index in [4.69, 9.17) is 9.26 Å². The lowest BCUT2D eigenvalue weighted by Crippen LogP contribution is -2.53. The van der Waals surface area contributed by atoms with E-state index in [0.29, 0.717) is 38.0 Å². The molecule has 9 heteroatoms. The highest BCUT2D eigenvalue weighted by Gasteiger charge is 2.38. The van der Waals surface area contributed by atoms with Gasteiger partial charge in [0.05, 0.1) is 13.2 Å². The summed E-state index contributed by atoms with van der Waals surface area (Å²) in [6.45, 7) is 3.81. The van der Waals surface area contributed by atoms with Gasteiger partial charge >= 0.3 is 0 Å². The van der Waals surface area contributed by atoms with Crippen molar-refractivity contribution in [2.45, 2.75) is 38.3 Å². The molecule has 2 saturated heterocycles. The second-order valence-electron chi connectivity index (χ2n) is 6.01. The van der Waals surface area contributed by atoms with E-state index in [0.717, 1.165) is 0 Å². The first kappa shape index (κ1) is 16.3. The topological polar surface area (TPSA) is 71.7 Å². The molecule has 1 atom stereocenters. The predicted octanol–water partition coefficient (Wildman–Crippen LogP) is 0.837. The molecule has 2 aliphatic rings. The van der Waals surface area contributed by atoms with Crippen LogP contribution in [0.4, 0.5) is 8.78 Å². The summed E-state index contributed by atoms with van der Waals surface area (Å²) in [5.41, 5.74) is 0. The Kier molecular flexibility index (Phi) is 4.58. The molecule has 1 amide bonds. The maximum absolute atomic E-state index is 13.2. The summed E-state index contributed by atoms with van der Waals surface area (Å²) in [6.07, 6.45) is -1.19. The Labute approximate surface area is 132 Å². The number of ether oxygens (including phenoxy) is 1. The molecule has 1 aromatic rings. The average molecular weight is 330 g/mol. The zero-order valence-electron chi connectivity index (χ0n) is 13.0. The number of hydrogen-bond acceptors (Lipinski definition) is 6. The van der Waals surface area contributed by atoms with Crippen LogP contribution in [0.3, 0.4) is 0 Å². The number of hydrogen-bond donors (Lipinski definition) is 0. The third-order valence-corrected chi connectivity index (χ3v) is 4.16. The highest BCUT2D eigenvalue weighted by atomic mass is 19.3. The van der Waals surface area contributed by atoms with Crippen LogP contribution >= 0.6 is 0 Å². The SMILES string of the molecule is Cc1noc(CN2CCOC(C(=O)N3CCC(F)(F)CC3)C2)n1. The number of piperidine rings is 1. The first-order valence-corrected chi connectivity index (χ1v) is 7.73.